The van der Waals surface area contributed by atoms with Crippen LogP contribution in [0.15, 0.2) is 59.3 Å². The van der Waals surface area contributed by atoms with Gasteiger partial charge in [0.1, 0.15) is 97.0 Å². The number of phosphoric ester groups is 1. The average molecular weight is 1580 g/mol. The number of ketones is 2. The van der Waals surface area contributed by atoms with Crippen molar-refractivity contribution in [3.8, 4) is 0 Å². The van der Waals surface area contributed by atoms with Crippen molar-refractivity contribution >= 4 is 55.1 Å². The predicted molar refractivity (Wildman–Crippen MR) is 369 cm³/mol. The standard InChI is InChI=1S/C69H107N4O35P/c1-30(2)15-14-17-31(3)18-19-33(5)22-25-68(9,10)24-13-12-16-32(4)23-26-96-41(60(88)89)29-98-109(94,95)108-66-56(57(107-67(70)92)69(11,93)58(106-66)61(90)91)105-63-44(72-36(8)76)47(81)54(40(101-63)28-97-64-51(85)48(82)45(79)39(27-74)100-64)103-62-43(71-35(7)75)46(80)53(34(6)99-62)102-65-52(86)49(83)50(84)55(104-65)59(87)73-42-37(77)20-21-38(42)78/h13,15,18,23-24,34,39-58,62-66,74,79-86,93H,5,12,14,16-17,19-22,25-29H2,1-4,6-11H3,(H2,70,92)(H,71,75)(H,72,76)(H,73,87)(H,88,89)(H,90,91)(H,94,95)/t34-,39-,40-,41-,43-,44-,45-,46-,47-,48+,49+,50-,51-,52-,53-,54-,55+,56-,57-,58-,62+,63+,64-,65-,66-,69+/m1/s1. The fourth-order valence-corrected chi connectivity index (χ4v) is 13.5. The van der Waals surface area contributed by atoms with E-state index in [4.69, 9.17) is 66.9 Å². The molecule has 40 heteroatoms. The Labute approximate surface area is 628 Å². The first-order valence-corrected chi connectivity index (χ1v) is 36.9. The van der Waals surface area contributed by atoms with Gasteiger partial charge in [0.2, 0.25) is 11.8 Å². The third kappa shape index (κ3) is 25.5. The van der Waals surface area contributed by atoms with Crippen LogP contribution >= 0.6 is 7.82 Å². The number of Topliss-reactive ketones (excluding diaryl/α,β-unsaturated/α-hetero) is 2. The summed E-state index contributed by atoms with van der Waals surface area (Å²) < 4.78 is 88.4. The molecule has 6 aliphatic rings. The largest absolute Gasteiger partial charge is 0.479 e. The molecule has 1 unspecified atom stereocenters. The Kier molecular flexibility index (Phi) is 34.2. The van der Waals surface area contributed by atoms with E-state index >= 15 is 0 Å². The molecular formula is C69H107N4O35P. The highest BCUT2D eigenvalue weighted by molar-refractivity contribution is 7.47. The van der Waals surface area contributed by atoms with Gasteiger partial charge in [0.15, 0.2) is 73.5 Å². The first kappa shape index (κ1) is 91.8. The molecule has 5 aliphatic heterocycles. The number of carbonyl (C=O) groups is 8. The molecule has 39 nitrogen and oxygen atoms in total. The molecule has 5 saturated heterocycles. The molecule has 18 N–H and O–H groups in total. The van der Waals surface area contributed by atoms with Crippen LogP contribution in [-0.4, -0.2) is 305 Å². The fourth-order valence-electron chi connectivity index (χ4n) is 12.7. The molecule has 6 rings (SSSR count). The number of carbonyl (C=O) groups excluding carboxylic acids is 6. The third-order valence-corrected chi connectivity index (χ3v) is 20.0. The molecule has 1 aliphatic carbocycles. The van der Waals surface area contributed by atoms with Crippen molar-refractivity contribution in [1.82, 2.24) is 16.0 Å². The fraction of sp³-hybridized carbons (Fsp3) is 0.739. The molecule has 6 fully saturated rings. The van der Waals surface area contributed by atoms with Crippen LogP contribution in [0.25, 0.3) is 0 Å². The van der Waals surface area contributed by atoms with E-state index in [1.807, 2.05) is 6.08 Å². The van der Waals surface area contributed by atoms with E-state index in [2.05, 4.69) is 75.4 Å². The number of hydrogen-bond acceptors (Lipinski definition) is 32. The van der Waals surface area contributed by atoms with Crippen LogP contribution in [0.3, 0.4) is 0 Å². The summed E-state index contributed by atoms with van der Waals surface area (Å²) in [6.45, 7) is 16.6. The second kappa shape index (κ2) is 40.6. The summed E-state index contributed by atoms with van der Waals surface area (Å²) in [6.07, 6.45) is -36.4. The minimum atomic E-state index is -5.89. The van der Waals surface area contributed by atoms with Crippen molar-refractivity contribution in [3.05, 3.63) is 59.3 Å². The van der Waals surface area contributed by atoms with Gasteiger partial charge >= 0.3 is 25.9 Å². The number of ether oxygens (including phenoxy) is 11. The van der Waals surface area contributed by atoms with E-state index in [9.17, 15) is 109 Å². The third-order valence-electron chi connectivity index (χ3n) is 19.0. The molecule has 0 aromatic rings. The Bertz CT molecular complexity index is 3310. The van der Waals surface area contributed by atoms with Crippen LogP contribution < -0.4 is 21.7 Å². The lowest BCUT2D eigenvalue weighted by Crippen LogP contribution is -2.72. The highest BCUT2D eigenvalue weighted by Crippen LogP contribution is 2.49. The summed E-state index contributed by atoms with van der Waals surface area (Å²) >= 11 is 0. The normalized spacial score (nSPS) is 35.8. The number of carboxylic acid groups (broad SMARTS) is 2. The average Bonchev–Trinajstić information content (AvgIpc) is 1.80. The van der Waals surface area contributed by atoms with Crippen molar-refractivity contribution in [1.29, 1.82) is 0 Å². The predicted octanol–water partition coefficient (Wildman–Crippen LogP) is -2.26. The van der Waals surface area contributed by atoms with Gasteiger partial charge in [0.05, 0.1) is 32.5 Å². The second-order valence-electron chi connectivity index (χ2n) is 28.9. The van der Waals surface area contributed by atoms with Gasteiger partial charge in [-0.3, -0.25) is 33.0 Å². The topological polar surface area (TPSA) is 599 Å². The number of primary amides is 1. The van der Waals surface area contributed by atoms with Gasteiger partial charge in [-0.2, -0.15) is 0 Å². The van der Waals surface area contributed by atoms with Crippen molar-refractivity contribution in [2.24, 2.45) is 11.1 Å². The second-order valence-corrected chi connectivity index (χ2v) is 30.3. The molecule has 0 aromatic carbocycles. The summed E-state index contributed by atoms with van der Waals surface area (Å²) in [6, 6.07) is -5.67. The number of nitrogens with two attached hydrogens (primary N) is 1. The lowest BCUT2D eigenvalue weighted by molar-refractivity contribution is -0.375. The van der Waals surface area contributed by atoms with Gasteiger partial charge in [-0.15, -0.1) is 0 Å². The molecule has 27 atom stereocenters. The van der Waals surface area contributed by atoms with Gasteiger partial charge in [-0.25, -0.2) is 18.9 Å². The minimum absolute atomic E-state index is 0.152. The molecule has 1 saturated carbocycles. The minimum Gasteiger partial charge on any atom is -0.479 e. The van der Waals surface area contributed by atoms with Gasteiger partial charge in [-0.1, -0.05) is 73.1 Å². The van der Waals surface area contributed by atoms with E-state index in [-0.39, 0.29) is 24.9 Å². The van der Waals surface area contributed by atoms with E-state index in [1.165, 1.54) is 18.1 Å². The van der Waals surface area contributed by atoms with E-state index in [1.54, 1.807) is 13.0 Å². The Balaban J connectivity index is 1.25. The van der Waals surface area contributed by atoms with E-state index < -0.39 is 240 Å². The zero-order chi connectivity index (χ0) is 81.5. The van der Waals surface area contributed by atoms with Crippen LogP contribution in [0.4, 0.5) is 4.79 Å². The van der Waals surface area contributed by atoms with Crippen molar-refractivity contribution in [3.63, 3.8) is 0 Å². The monoisotopic (exact) mass is 1580 g/mol. The van der Waals surface area contributed by atoms with Crippen LogP contribution in [0, 0.1) is 5.41 Å². The van der Waals surface area contributed by atoms with E-state index in [0.717, 1.165) is 57.1 Å². The molecule has 4 amide bonds. The maximum absolute atomic E-state index is 14.1. The molecule has 0 bridgehead atoms. The Hall–Kier alpha value is -6.03. The molecule has 0 radical (unpaired) electrons. The lowest BCUT2D eigenvalue weighted by atomic mass is 9.85. The number of phosphoric acid groups is 1. The number of aliphatic carboxylic acids is 2. The molecular weight excluding hydrogens is 1480 g/mol. The number of allylic oxidation sites excluding steroid dienone is 8. The molecule has 0 aromatic heterocycles. The van der Waals surface area contributed by atoms with Gasteiger partial charge < -0.3 is 140 Å². The number of carboxylic acids is 2. The zero-order valence-corrected chi connectivity index (χ0v) is 63.0. The van der Waals surface area contributed by atoms with Gasteiger partial charge in [-0.05, 0) is 91.9 Å². The zero-order valence-electron chi connectivity index (χ0n) is 62.1. The Morgan fingerprint density at radius 1 is 0.688 bits per heavy atom. The highest BCUT2D eigenvalue weighted by atomic mass is 31.2. The summed E-state index contributed by atoms with van der Waals surface area (Å²) in [5.74, 6) is -8.37. The van der Waals surface area contributed by atoms with Crippen LogP contribution in [0.1, 0.15) is 127 Å². The quantitative estimate of drug-likeness (QED) is 0.0177. The first-order chi connectivity index (χ1) is 50.9. The highest BCUT2D eigenvalue weighted by Gasteiger charge is 2.63. The summed E-state index contributed by atoms with van der Waals surface area (Å²) in [5.41, 5.74) is 6.73. The number of nitrogens with one attached hydrogen (secondary N) is 3. The first-order valence-electron chi connectivity index (χ1n) is 35.4. The van der Waals surface area contributed by atoms with Crippen LogP contribution in [0.2, 0.25) is 0 Å². The Morgan fingerprint density at radius 2 is 1.25 bits per heavy atom. The number of rotatable bonds is 37. The molecule has 5 heterocycles. The molecule has 0 spiro atoms. The number of aliphatic hydroxyl groups is 10. The summed E-state index contributed by atoms with van der Waals surface area (Å²) in [7, 11) is -5.89. The van der Waals surface area contributed by atoms with Gasteiger partial charge in [0.25, 0.3) is 5.91 Å². The molecule has 109 heavy (non-hydrogen) atoms. The lowest BCUT2D eigenvalue weighted by Gasteiger charge is -2.51. The van der Waals surface area contributed by atoms with E-state index in [0.29, 0.717) is 19.8 Å². The number of amides is 4. The summed E-state index contributed by atoms with van der Waals surface area (Å²) in [4.78, 5) is 114. The maximum Gasteiger partial charge on any atom is 0.474 e. The smallest absolute Gasteiger partial charge is 0.474 e. The van der Waals surface area contributed by atoms with Crippen LogP contribution in [0.5, 0.6) is 0 Å². The summed E-state index contributed by atoms with van der Waals surface area (Å²) in [5, 5.41) is 139. The number of hydrogen-bond donors (Lipinski definition) is 17. The Morgan fingerprint density at radius 3 is 1.83 bits per heavy atom. The SMILES string of the molecule is C=C(CC=C(C)CCC=C(C)C)CCC(C)(C)C=CCCC(C)=CCO[C@H](COP(=O)(O)O[C@H]1O[C@H](C(=O)O)[C@@](C)(O)[C@H](OC(N)=O)[C@H]1O[C@@H]1O[C@H](CO[C@@H]2O[C@H](CO)[C@@H](O)[C@H](O)[C@H]2O)[C@@H](O[C@@H]2O[C@H](C)[C@@H](O[C@@H]3O[C@H](C(=O)NC4C(=O)CCC4=O)[C@H](O)[C@H](O)[C@H]3O)[C@H](O)[C@H]2NC(C)=O)[C@H](O)[C@H]1NC(C)=O)C(=O)O. The van der Waals surface area contributed by atoms with Crippen molar-refractivity contribution in [2.45, 2.75) is 292 Å². The van der Waals surface area contributed by atoms with Crippen molar-refractivity contribution in [2.75, 3.05) is 26.4 Å². The van der Waals surface area contributed by atoms with Crippen molar-refractivity contribution < 1.29 is 170 Å². The van der Waals surface area contributed by atoms with Gasteiger partial charge in [0, 0.05) is 26.7 Å². The molecule has 618 valence electrons. The van der Waals surface area contributed by atoms with Crippen LogP contribution in [-0.2, 0) is 99.3 Å². The maximum atomic E-state index is 14.1. The number of aliphatic hydroxyl groups excluding tert-OH is 9.